The molecule has 160 valence electrons. The number of ether oxygens (including phenoxy) is 1. The minimum Gasteiger partial charge on any atom is -0.496 e. The lowest BCUT2D eigenvalue weighted by molar-refractivity contribution is -0.133. The normalized spacial score (nSPS) is 13.8. The Hall–Kier alpha value is -2.97. The predicted molar refractivity (Wildman–Crippen MR) is 115 cm³/mol. The Morgan fingerprint density at radius 1 is 1.29 bits per heavy atom. The van der Waals surface area contributed by atoms with Gasteiger partial charge in [0.05, 0.1) is 28.4 Å². The van der Waals surface area contributed by atoms with Crippen LogP contribution in [0, 0.1) is 5.82 Å². The number of hydrogen-bond acceptors (Lipinski definition) is 5. The zero-order chi connectivity index (χ0) is 22.3. The molecule has 1 fully saturated rings. The van der Waals surface area contributed by atoms with Crippen LogP contribution in [0.1, 0.15) is 11.5 Å². The first-order valence-corrected chi connectivity index (χ1v) is 9.92. The average Bonchev–Trinajstić information content (AvgIpc) is 2.72. The number of methoxy groups -OCH3 is 1. The van der Waals surface area contributed by atoms with Crippen molar-refractivity contribution < 1.29 is 18.3 Å². The molecule has 0 saturated carbocycles. The Labute approximate surface area is 186 Å². The minimum atomic E-state index is -0.993. The largest absolute Gasteiger partial charge is 0.496 e. The molecule has 2 heterocycles. The summed E-state index contributed by atoms with van der Waals surface area (Å²) in [5, 5.41) is 3.45. The van der Waals surface area contributed by atoms with Gasteiger partial charge in [0.25, 0.3) is 5.91 Å². The number of benzene rings is 2. The van der Waals surface area contributed by atoms with E-state index in [4.69, 9.17) is 27.9 Å². The van der Waals surface area contributed by atoms with Gasteiger partial charge in [-0.05, 0) is 18.2 Å². The lowest BCUT2D eigenvalue weighted by Crippen LogP contribution is -2.48. The molecule has 1 amide bonds. The number of halogens is 4. The number of carbonyl (C=O) groups excluding carboxylic acids is 1. The molecule has 1 saturated heterocycles. The molecular formula is C21H16Cl2F2N4O2. The zero-order valence-corrected chi connectivity index (χ0v) is 17.8. The monoisotopic (exact) mass is 464 g/mol. The van der Waals surface area contributed by atoms with E-state index in [1.807, 2.05) is 6.07 Å². The maximum Gasteiger partial charge on any atom is 0.282 e. The third-order valence-corrected chi connectivity index (χ3v) is 5.90. The van der Waals surface area contributed by atoms with Gasteiger partial charge in [0.15, 0.2) is 11.6 Å². The fourth-order valence-corrected chi connectivity index (χ4v) is 3.77. The van der Waals surface area contributed by atoms with Crippen LogP contribution in [0.3, 0.4) is 0 Å². The molecule has 0 spiro atoms. The molecule has 0 aliphatic carbocycles. The summed E-state index contributed by atoms with van der Waals surface area (Å²) in [6.07, 6.45) is 1.34. The van der Waals surface area contributed by atoms with Gasteiger partial charge < -0.3 is 15.0 Å². The third kappa shape index (κ3) is 3.88. The van der Waals surface area contributed by atoms with Crippen LogP contribution in [0.4, 0.5) is 20.3 Å². The minimum absolute atomic E-state index is 0.0718. The fraction of sp³-hybridized carbons (Fsp3) is 0.190. The van der Waals surface area contributed by atoms with Gasteiger partial charge in [-0.1, -0.05) is 29.8 Å². The predicted octanol–water partition coefficient (Wildman–Crippen LogP) is 5.24. The summed E-state index contributed by atoms with van der Waals surface area (Å²) >= 11 is 11.8. The van der Waals surface area contributed by atoms with Crippen LogP contribution in [0.25, 0.3) is 10.9 Å². The maximum atomic E-state index is 14.5. The molecule has 6 nitrogen and oxygen atoms in total. The van der Waals surface area contributed by atoms with Gasteiger partial charge in [-0.25, -0.2) is 18.7 Å². The van der Waals surface area contributed by atoms with E-state index in [2.05, 4.69) is 21.9 Å². The summed E-state index contributed by atoms with van der Waals surface area (Å²) < 4.78 is 33.1. The molecule has 0 unspecified atom stereocenters. The highest BCUT2D eigenvalue weighted by Crippen LogP contribution is 2.39. The number of hydrogen-bond donors (Lipinski definition) is 1. The van der Waals surface area contributed by atoms with Crippen LogP contribution < -0.4 is 10.1 Å². The number of nitrogens with zero attached hydrogens (tertiary/aromatic N) is 3. The zero-order valence-electron chi connectivity index (χ0n) is 16.3. The smallest absolute Gasteiger partial charge is 0.282 e. The summed E-state index contributed by atoms with van der Waals surface area (Å²) in [7, 11) is 1.53. The number of nitrogens with one attached hydrogen (secondary N) is 1. The first kappa shape index (κ1) is 21.3. The Bertz CT molecular complexity index is 1220. The molecule has 1 aromatic heterocycles. The summed E-state index contributed by atoms with van der Waals surface area (Å²) in [6, 6.07) is 6.50. The van der Waals surface area contributed by atoms with E-state index < -0.39 is 17.6 Å². The average molecular weight is 465 g/mol. The molecular weight excluding hydrogens is 449 g/mol. The Kier molecular flexibility index (Phi) is 5.68. The second kappa shape index (κ2) is 8.28. The van der Waals surface area contributed by atoms with Gasteiger partial charge in [-0.2, -0.15) is 0 Å². The van der Waals surface area contributed by atoms with Crippen LogP contribution in [0.5, 0.6) is 5.75 Å². The van der Waals surface area contributed by atoms with Gasteiger partial charge in [-0.15, -0.1) is 0 Å². The van der Waals surface area contributed by atoms with Crippen molar-refractivity contribution in [3.8, 4) is 5.75 Å². The first-order valence-electron chi connectivity index (χ1n) is 9.17. The number of rotatable bonds is 5. The highest BCUT2D eigenvalue weighted by Gasteiger charge is 2.35. The molecule has 3 aromatic rings. The van der Waals surface area contributed by atoms with Crippen LogP contribution in [-0.2, 0) is 4.79 Å². The van der Waals surface area contributed by atoms with Gasteiger partial charge in [0.2, 0.25) is 0 Å². The van der Waals surface area contributed by atoms with Gasteiger partial charge in [0, 0.05) is 36.0 Å². The van der Waals surface area contributed by atoms with Crippen molar-refractivity contribution in [2.75, 3.05) is 25.5 Å². The van der Waals surface area contributed by atoms with E-state index in [-0.39, 0.29) is 21.7 Å². The molecule has 0 atom stereocenters. The van der Waals surface area contributed by atoms with Crippen molar-refractivity contribution in [3.63, 3.8) is 0 Å². The van der Waals surface area contributed by atoms with Crippen molar-refractivity contribution in [1.29, 1.82) is 0 Å². The molecule has 31 heavy (non-hydrogen) atoms. The molecule has 1 N–H and O–H groups in total. The third-order valence-electron chi connectivity index (χ3n) is 5.12. The molecule has 1 aliphatic heterocycles. The van der Waals surface area contributed by atoms with Crippen LogP contribution in [-0.4, -0.2) is 41.0 Å². The molecule has 1 aliphatic rings. The first-order chi connectivity index (χ1) is 14.8. The number of fused-ring (bicyclic) bond motifs is 1. The standard InChI is InChI=1S/C21H16Cl2F2N4O2/c1-10(24)21(30)29-7-11(8-29)12-5-13-16(6-17(12)31-2)26-9-27-20(13)28-15-4-3-14(22)18(23)19(15)25/h3-6,9,11H,1,7-8H2,2H3,(H,26,27,28). The van der Waals surface area contributed by atoms with E-state index in [1.165, 1.54) is 30.5 Å². The molecule has 0 bridgehead atoms. The quantitative estimate of drug-likeness (QED) is 0.413. The Balaban J connectivity index is 1.71. The van der Waals surface area contributed by atoms with Gasteiger partial charge in [0.1, 0.15) is 17.9 Å². The maximum absolute atomic E-state index is 14.5. The number of amides is 1. The lowest BCUT2D eigenvalue weighted by atomic mass is 9.89. The molecule has 2 aromatic carbocycles. The van der Waals surface area contributed by atoms with Crippen LogP contribution >= 0.6 is 23.2 Å². The van der Waals surface area contributed by atoms with E-state index in [9.17, 15) is 13.6 Å². The Morgan fingerprint density at radius 3 is 2.71 bits per heavy atom. The number of likely N-dealkylation sites (tertiary alicyclic amines) is 1. The number of anilines is 2. The van der Waals surface area contributed by atoms with Crippen molar-refractivity contribution in [2.24, 2.45) is 0 Å². The molecule has 10 heteroatoms. The fourth-order valence-electron chi connectivity index (χ4n) is 3.46. The Morgan fingerprint density at radius 2 is 2.03 bits per heavy atom. The second-order valence-corrected chi connectivity index (χ2v) is 7.78. The highest BCUT2D eigenvalue weighted by atomic mass is 35.5. The van der Waals surface area contributed by atoms with Crippen LogP contribution in [0.2, 0.25) is 10.0 Å². The summed E-state index contributed by atoms with van der Waals surface area (Å²) in [5.41, 5.74) is 1.48. The summed E-state index contributed by atoms with van der Waals surface area (Å²) in [5.74, 6) is -1.56. The van der Waals surface area contributed by atoms with Gasteiger partial charge in [-0.3, -0.25) is 4.79 Å². The van der Waals surface area contributed by atoms with Crippen molar-refractivity contribution in [3.05, 3.63) is 64.4 Å². The number of carbonyl (C=O) groups is 1. The van der Waals surface area contributed by atoms with E-state index >= 15 is 0 Å². The topological polar surface area (TPSA) is 67.4 Å². The van der Waals surface area contributed by atoms with Crippen LogP contribution in [0.15, 0.2) is 43.0 Å². The SMILES string of the molecule is C=C(F)C(=O)N1CC(c2cc3c(Nc4ccc(Cl)c(Cl)c4F)ncnc3cc2OC)C1. The molecule has 0 radical (unpaired) electrons. The van der Waals surface area contributed by atoms with E-state index in [0.717, 1.165) is 5.56 Å². The summed E-state index contributed by atoms with van der Waals surface area (Å²) in [4.78, 5) is 21.6. The van der Waals surface area contributed by atoms with Crippen molar-refractivity contribution in [2.45, 2.75) is 5.92 Å². The van der Waals surface area contributed by atoms with E-state index in [0.29, 0.717) is 35.6 Å². The lowest BCUT2D eigenvalue weighted by Gasteiger charge is -2.39. The highest BCUT2D eigenvalue weighted by molar-refractivity contribution is 6.42. The van der Waals surface area contributed by atoms with E-state index in [1.54, 1.807) is 6.07 Å². The van der Waals surface area contributed by atoms with Crippen molar-refractivity contribution >= 4 is 51.5 Å². The second-order valence-electron chi connectivity index (χ2n) is 6.99. The van der Waals surface area contributed by atoms with Crippen molar-refractivity contribution in [1.82, 2.24) is 14.9 Å². The number of aromatic nitrogens is 2. The molecule has 4 rings (SSSR count). The summed E-state index contributed by atoms with van der Waals surface area (Å²) in [6.45, 7) is 3.69. The van der Waals surface area contributed by atoms with Gasteiger partial charge >= 0.3 is 0 Å².